The Kier molecular flexibility index (Phi) is 45.6. The lowest BCUT2D eigenvalue weighted by Gasteiger charge is -2.04. The summed E-state index contributed by atoms with van der Waals surface area (Å²) >= 11 is 17.2. The van der Waals surface area contributed by atoms with Crippen molar-refractivity contribution in [3.05, 3.63) is 462 Å². The van der Waals surface area contributed by atoms with Gasteiger partial charge in [0, 0.05) is 93.4 Å². The summed E-state index contributed by atoms with van der Waals surface area (Å²) in [7, 11) is -2.00. The number of nitrogens with two attached hydrogens (primary N) is 1. The molecule has 141 heavy (non-hydrogen) atoms. The highest BCUT2D eigenvalue weighted by Crippen LogP contribution is 2.37. The fourth-order valence-corrected chi connectivity index (χ4v) is 23.1. The largest absolute Gasteiger partial charge is 0.433 e. The first-order chi connectivity index (χ1) is 67.0. The van der Waals surface area contributed by atoms with E-state index >= 15 is 0 Å². The van der Waals surface area contributed by atoms with Crippen LogP contribution in [0.2, 0.25) is 0 Å². The van der Waals surface area contributed by atoms with Crippen molar-refractivity contribution in [2.45, 2.75) is 140 Å². The number of benzene rings is 7. The molecule has 14 heterocycles. The first-order valence-corrected chi connectivity index (χ1v) is 54.8. The number of halogens is 3. The minimum Gasteiger partial charge on any atom is -0.399 e. The normalized spacial score (nSPS) is 10.7. The van der Waals surface area contributed by atoms with E-state index in [2.05, 4.69) is 364 Å². The maximum Gasteiger partial charge on any atom is 0.433 e. The Morgan fingerprint density at radius 3 is 1.09 bits per heavy atom. The van der Waals surface area contributed by atoms with Gasteiger partial charge >= 0.3 is 6.18 Å². The molecule has 728 valence electrons. The van der Waals surface area contributed by atoms with Crippen molar-refractivity contribution in [2.75, 3.05) is 12.3 Å². The number of nitrogen functional groups attached to an aromatic ring is 1. The molecule has 0 fully saturated rings. The molecule has 0 atom stereocenters. The molecule has 0 unspecified atom stereocenters. The number of aromatic nitrogens is 5. The van der Waals surface area contributed by atoms with Gasteiger partial charge in [-0.25, -0.2) is 18.4 Å². The summed E-state index contributed by atoms with van der Waals surface area (Å²) in [4.78, 5) is 40.2. The minimum atomic E-state index is -4.35. The predicted octanol–water partition coefficient (Wildman–Crippen LogP) is 37.1. The van der Waals surface area contributed by atoms with Gasteiger partial charge in [0.25, 0.3) is 0 Å². The average molecular weight is 2080 g/mol. The van der Waals surface area contributed by atoms with Crippen molar-refractivity contribution in [3.8, 4) is 73.5 Å². The van der Waals surface area contributed by atoms with Gasteiger partial charge < -0.3 is 5.73 Å². The average Bonchev–Trinajstić information content (AvgIpc) is 1.77. The van der Waals surface area contributed by atoms with E-state index in [9.17, 15) is 21.6 Å². The molecule has 0 saturated heterocycles. The van der Waals surface area contributed by atoms with Crippen LogP contribution >= 0.6 is 113 Å². The summed E-state index contributed by atoms with van der Waals surface area (Å²) in [6.45, 7) is 36.1. The second kappa shape index (κ2) is 57.1. The third-order valence-corrected chi connectivity index (χ3v) is 32.7. The third kappa shape index (κ3) is 38.7. The number of allylic oxidation sites excluding steroid dienone is 1. The molecule has 0 radical (unpaired) electrons. The van der Waals surface area contributed by atoms with Gasteiger partial charge in [-0.3, -0.25) is 14.7 Å². The summed E-state index contributed by atoms with van der Waals surface area (Å²) in [6.07, 6.45) is 3.44. The second-order valence-corrected chi connectivity index (χ2v) is 47.5. The number of sulfone groups is 1. The second-order valence-electron chi connectivity index (χ2n) is 32.6. The van der Waals surface area contributed by atoms with Crippen molar-refractivity contribution in [3.63, 3.8) is 0 Å². The molecule has 23 heteroatoms. The quantitative estimate of drug-likeness (QED) is 0.135. The number of thiophene rings is 10. The number of anilines is 1. The fourth-order valence-electron chi connectivity index (χ4n) is 12.8. The maximum atomic E-state index is 12.5. The minimum absolute atomic E-state index is 0. The Morgan fingerprint density at radius 2 is 0.716 bits per heavy atom. The smallest absolute Gasteiger partial charge is 0.399 e. The van der Waals surface area contributed by atoms with Crippen LogP contribution < -0.4 is 5.73 Å². The van der Waals surface area contributed by atoms with Crippen LogP contribution in [-0.4, -0.2) is 45.4 Å². The number of rotatable bonds is 10. The van der Waals surface area contributed by atoms with E-state index in [0.717, 1.165) is 60.5 Å². The number of nitrogens with zero attached hydrogens (tertiary/aromatic N) is 6. The maximum absolute atomic E-state index is 12.5. The van der Waals surface area contributed by atoms with E-state index in [4.69, 9.17) is 5.73 Å². The van der Waals surface area contributed by atoms with Crippen LogP contribution in [0.25, 0.3) is 73.5 Å². The summed E-state index contributed by atoms with van der Waals surface area (Å²) in [6, 6.07) is 111. The molecule has 1 aliphatic rings. The van der Waals surface area contributed by atoms with Gasteiger partial charge in [-0.05, 0) is 315 Å². The van der Waals surface area contributed by atoms with Crippen LogP contribution in [0.15, 0.2) is 378 Å². The van der Waals surface area contributed by atoms with Gasteiger partial charge in [-0.2, -0.15) is 18.3 Å². The summed E-state index contributed by atoms with van der Waals surface area (Å²) < 4.78 is 63.0. The zero-order chi connectivity index (χ0) is 101. The molecule has 7 aromatic carbocycles. The molecule has 13 aromatic heterocycles. The molecular formula is C118H122F3N7O2S11. The van der Waals surface area contributed by atoms with Gasteiger partial charge in [-0.1, -0.05) is 217 Å². The number of hydrogen-bond donors (Lipinski definition) is 1. The molecule has 0 bridgehead atoms. The van der Waals surface area contributed by atoms with Crippen molar-refractivity contribution < 1.29 is 21.6 Å². The lowest BCUT2D eigenvalue weighted by molar-refractivity contribution is -0.143. The van der Waals surface area contributed by atoms with E-state index in [1.54, 1.807) is 105 Å². The van der Waals surface area contributed by atoms with Crippen LogP contribution in [0, 0.1) is 118 Å². The highest BCUT2D eigenvalue weighted by Gasteiger charge is 2.35. The first-order valence-electron chi connectivity index (χ1n) is 45.1. The van der Waals surface area contributed by atoms with E-state index in [1.807, 2.05) is 122 Å². The Morgan fingerprint density at radius 1 is 0.326 bits per heavy atom. The van der Waals surface area contributed by atoms with Crippen molar-refractivity contribution in [1.82, 2.24) is 24.7 Å². The lowest BCUT2D eigenvalue weighted by Crippen LogP contribution is -2.11. The zero-order valence-electron chi connectivity index (χ0n) is 82.0. The van der Waals surface area contributed by atoms with Crippen LogP contribution in [0.3, 0.4) is 0 Å². The fraction of sp³-hybridized carbons (Fsp3) is 0.178. The van der Waals surface area contributed by atoms with Crippen molar-refractivity contribution in [1.29, 1.82) is 0 Å². The highest BCUT2D eigenvalue weighted by atomic mass is 32.2. The molecule has 1 aliphatic heterocycles. The molecule has 0 aliphatic carbocycles. The van der Waals surface area contributed by atoms with Crippen LogP contribution in [-0.2, 0) is 23.1 Å². The third-order valence-electron chi connectivity index (χ3n) is 20.2. The first kappa shape index (κ1) is 113. The molecular weight excluding hydrogens is 1960 g/mol. The molecule has 21 rings (SSSR count). The van der Waals surface area contributed by atoms with Crippen LogP contribution in [0.4, 0.5) is 18.9 Å². The number of hydrogen-bond acceptors (Lipinski definition) is 18. The molecule has 0 spiro atoms. The number of pyridine rings is 1. The molecule has 0 amide bonds. The number of aryl methyl sites for hydroxylation is 18. The number of aliphatic imine (C=N–C) groups is 1. The lowest BCUT2D eigenvalue weighted by atomic mass is 10.0. The van der Waals surface area contributed by atoms with Crippen molar-refractivity contribution >= 4 is 135 Å². The van der Waals surface area contributed by atoms with Crippen LogP contribution in [0.5, 0.6) is 0 Å². The van der Waals surface area contributed by atoms with Gasteiger partial charge in [0.15, 0.2) is 0 Å². The molecule has 20 aromatic rings. The molecule has 9 nitrogen and oxygen atoms in total. The Hall–Kier alpha value is -12.1. The SMILES string of the molecule is C.Cc1ccc(-c2cc(C(F)(F)F)n(C)n2)s1.Cc1ccc(-c2ccc(C)cc2)cc1.Cc1ccc(-c2cccc(N)c2)s1.Cc1ccc(-c2ccccc2)s1.Cc1ccc(-c2ccccn2)s1.Cc1ccc(-c2cccs2)s1.Cc1ccc(C)cc1.Cc1ccc(C)cc1.Cc1ccc(C)s1.Cc1ccc(C2=NCC=C2)s1.Cc1ccc(S(=O)(=O)c2ccccc2)s1.Cc1nccc(-c2ccc(C)s2)n1. The summed E-state index contributed by atoms with van der Waals surface area (Å²) in [5, 5.41) is 5.98. The Bertz CT molecular complexity index is 6930. The van der Waals surface area contributed by atoms with Crippen LogP contribution in [0.1, 0.15) is 106 Å². The van der Waals surface area contributed by atoms with E-state index < -0.39 is 21.7 Å². The zero-order valence-corrected chi connectivity index (χ0v) is 91.0. The van der Waals surface area contributed by atoms with Gasteiger partial charge in [0.1, 0.15) is 21.4 Å². The van der Waals surface area contributed by atoms with Gasteiger partial charge in [0.2, 0.25) is 9.84 Å². The standard InChI is InChI=1S/C14H14.C11H11NS.C11H10O2S2.C11H10S.C10H9F3N2S.C10H10N2S.C10H9NS.C9H9NS.C9H8S2.2C8H10.C6H8S.CH4/c1-11-3-7-13(8-4-11)14-9-5-12(2)6-10-14;1-8-5-6-11(13-8)9-3-2-4-10(12)7-9;1-9-7-8-11(14-9)15(12,13)10-5-3-2-4-6-10;1-9-7-8-11(12-9)10-5-3-2-4-6-10;1-6-3-4-8(16-6)7-5-9(10(11,12)13)15(2)14-7;1-7-3-4-10(13-7)9-5-6-11-8(2)12-9;1-8-5-6-10(12-8)9-4-2-3-7-11-9;2*1-7-4-5-9(11-7)8-3-2-6-10-8;2*1-7-3-5-8(2)6-4-7;1-5-3-4-6(2)7-5;/h3-10H,1-2H3;2-7H,12H2,1H3;2-8H,1H3;2-8H,1H3;3-5H,1-2H3;3-6H,1-2H3;2-7H,1H3;2-5H,6H2,1H3;2-6H,1H3;2*3-6H,1-2H3;3-4H,1-2H3;1H4. The number of alkyl halides is 3. The van der Waals surface area contributed by atoms with Gasteiger partial charge in [-0.15, -0.1) is 113 Å². The Labute approximate surface area is 873 Å². The summed E-state index contributed by atoms with van der Waals surface area (Å²) in [5.74, 6) is 0.823. The monoisotopic (exact) mass is 2080 g/mol. The van der Waals surface area contributed by atoms with E-state index in [0.29, 0.717) is 14.8 Å². The summed E-state index contributed by atoms with van der Waals surface area (Å²) in [5.41, 5.74) is 22.4. The van der Waals surface area contributed by atoms with E-state index in [-0.39, 0.29) is 7.43 Å². The predicted molar refractivity (Wildman–Crippen MR) is 613 cm³/mol. The highest BCUT2D eigenvalue weighted by molar-refractivity contribution is 7.93. The molecule has 2 N–H and O–H groups in total. The van der Waals surface area contributed by atoms with Crippen molar-refractivity contribution in [2.24, 2.45) is 12.0 Å². The molecule has 0 saturated carbocycles. The van der Waals surface area contributed by atoms with Gasteiger partial charge in [0.05, 0.1) is 48.0 Å². The Balaban J connectivity index is 0.000000173. The van der Waals surface area contributed by atoms with E-state index in [1.165, 1.54) is 159 Å². The topological polar surface area (TPSA) is 129 Å².